The minimum absolute atomic E-state index is 0.0933. The van der Waals surface area contributed by atoms with Crippen LogP contribution in [0.15, 0.2) is 40.3 Å². The summed E-state index contributed by atoms with van der Waals surface area (Å²) in [6.07, 6.45) is 0. The van der Waals surface area contributed by atoms with E-state index in [0.717, 1.165) is 11.4 Å². The molecule has 0 saturated heterocycles. The Morgan fingerprint density at radius 3 is 2.82 bits per heavy atom. The van der Waals surface area contributed by atoms with Gasteiger partial charge in [0.25, 0.3) is 5.56 Å². The number of rotatable bonds is 3. The molecule has 0 unspecified atom stereocenters. The summed E-state index contributed by atoms with van der Waals surface area (Å²) < 4.78 is 0. The van der Waals surface area contributed by atoms with Crippen LogP contribution in [0.5, 0.6) is 0 Å². The van der Waals surface area contributed by atoms with Gasteiger partial charge in [-0.15, -0.1) is 0 Å². The topological polar surface area (TPSA) is 45.8 Å². The summed E-state index contributed by atoms with van der Waals surface area (Å²) in [6, 6.07) is 9.82. The number of thioether (sulfide) groups is 1. The third kappa shape index (κ3) is 3.46. The Labute approximate surface area is 104 Å². The van der Waals surface area contributed by atoms with Crippen molar-refractivity contribution in [2.45, 2.75) is 24.8 Å². The Balaban J connectivity index is 2.09. The lowest BCUT2D eigenvalue weighted by molar-refractivity contribution is 0.905. The predicted octanol–water partition coefficient (Wildman–Crippen LogP) is 2.68. The van der Waals surface area contributed by atoms with Crippen LogP contribution in [0.2, 0.25) is 0 Å². The molecule has 0 radical (unpaired) electrons. The van der Waals surface area contributed by atoms with Crippen LogP contribution in [0.25, 0.3) is 0 Å². The molecule has 1 aromatic carbocycles. The number of nitrogens with zero attached hydrogens (tertiary/aromatic N) is 1. The fourth-order valence-corrected chi connectivity index (χ4v) is 2.44. The van der Waals surface area contributed by atoms with Gasteiger partial charge in [-0.2, -0.15) is 0 Å². The van der Waals surface area contributed by atoms with Gasteiger partial charge in [-0.1, -0.05) is 41.6 Å². The summed E-state index contributed by atoms with van der Waals surface area (Å²) in [6.45, 7) is 3.90. The minimum atomic E-state index is -0.0933. The van der Waals surface area contributed by atoms with Crippen LogP contribution in [0, 0.1) is 13.8 Å². The average Bonchev–Trinajstić information content (AvgIpc) is 2.25. The molecular formula is C13H14N2OS. The number of hydrogen-bond acceptors (Lipinski definition) is 3. The Kier molecular flexibility index (Phi) is 3.64. The molecule has 1 N–H and O–H groups in total. The molecule has 3 nitrogen and oxygen atoms in total. The Morgan fingerprint density at radius 2 is 2.12 bits per heavy atom. The lowest BCUT2D eigenvalue weighted by Crippen LogP contribution is -2.08. The summed E-state index contributed by atoms with van der Waals surface area (Å²) in [7, 11) is 0. The van der Waals surface area contributed by atoms with E-state index in [9.17, 15) is 4.79 Å². The number of nitrogens with one attached hydrogen (secondary N) is 1. The SMILES string of the molecule is Cc1cccc(CSc2nc(C)cc(=O)[nH]2)c1. The zero-order valence-electron chi connectivity index (χ0n) is 9.86. The molecule has 88 valence electrons. The van der Waals surface area contributed by atoms with Gasteiger partial charge < -0.3 is 4.98 Å². The van der Waals surface area contributed by atoms with E-state index in [4.69, 9.17) is 0 Å². The lowest BCUT2D eigenvalue weighted by Gasteiger charge is -2.03. The monoisotopic (exact) mass is 246 g/mol. The highest BCUT2D eigenvalue weighted by atomic mass is 32.2. The van der Waals surface area contributed by atoms with E-state index in [2.05, 4.69) is 35.1 Å². The van der Waals surface area contributed by atoms with Gasteiger partial charge in [-0.3, -0.25) is 4.79 Å². The highest BCUT2D eigenvalue weighted by Crippen LogP contribution is 2.18. The number of aromatic amines is 1. The molecule has 17 heavy (non-hydrogen) atoms. The van der Waals surface area contributed by atoms with Gasteiger partial charge in [0.05, 0.1) is 0 Å². The van der Waals surface area contributed by atoms with Crippen LogP contribution >= 0.6 is 11.8 Å². The minimum Gasteiger partial charge on any atom is -0.301 e. The van der Waals surface area contributed by atoms with Crippen molar-refractivity contribution in [3.05, 3.63) is 57.5 Å². The third-order valence-electron chi connectivity index (χ3n) is 2.31. The Morgan fingerprint density at radius 1 is 1.29 bits per heavy atom. The first kappa shape index (κ1) is 11.9. The second kappa shape index (κ2) is 5.19. The van der Waals surface area contributed by atoms with Gasteiger partial charge in [0.2, 0.25) is 0 Å². The van der Waals surface area contributed by atoms with E-state index < -0.39 is 0 Å². The van der Waals surface area contributed by atoms with Crippen molar-refractivity contribution in [3.63, 3.8) is 0 Å². The summed E-state index contributed by atoms with van der Waals surface area (Å²) in [5, 5.41) is 0.677. The second-order valence-electron chi connectivity index (χ2n) is 3.97. The van der Waals surface area contributed by atoms with Crippen LogP contribution in [0.4, 0.5) is 0 Å². The normalized spacial score (nSPS) is 10.5. The molecule has 0 amide bonds. The van der Waals surface area contributed by atoms with E-state index >= 15 is 0 Å². The number of benzene rings is 1. The summed E-state index contributed by atoms with van der Waals surface area (Å²) in [5.74, 6) is 0.814. The Bertz CT molecular complexity index is 578. The molecular weight excluding hydrogens is 232 g/mol. The average molecular weight is 246 g/mol. The molecule has 0 aliphatic heterocycles. The van der Waals surface area contributed by atoms with Crippen LogP contribution in [0.1, 0.15) is 16.8 Å². The third-order valence-corrected chi connectivity index (χ3v) is 3.25. The van der Waals surface area contributed by atoms with E-state index in [0.29, 0.717) is 5.16 Å². The zero-order valence-corrected chi connectivity index (χ0v) is 10.7. The fraction of sp³-hybridized carbons (Fsp3) is 0.231. The van der Waals surface area contributed by atoms with Crippen molar-refractivity contribution < 1.29 is 0 Å². The molecule has 0 atom stereocenters. The number of aryl methyl sites for hydroxylation is 2. The summed E-state index contributed by atoms with van der Waals surface area (Å²) in [5.41, 5.74) is 3.14. The quantitative estimate of drug-likeness (QED) is 0.669. The largest absolute Gasteiger partial charge is 0.301 e. The van der Waals surface area contributed by atoms with Crippen molar-refractivity contribution in [2.24, 2.45) is 0 Å². The van der Waals surface area contributed by atoms with Gasteiger partial charge in [0.15, 0.2) is 5.16 Å². The van der Waals surface area contributed by atoms with E-state index in [1.165, 1.54) is 17.2 Å². The maximum Gasteiger partial charge on any atom is 0.251 e. The van der Waals surface area contributed by atoms with E-state index in [1.54, 1.807) is 11.8 Å². The predicted molar refractivity (Wildman–Crippen MR) is 70.3 cm³/mol. The standard InChI is InChI=1S/C13H14N2OS/c1-9-4-3-5-11(6-9)8-17-13-14-10(2)7-12(16)15-13/h3-7H,8H2,1-2H3,(H,14,15,16). The molecule has 2 aromatic rings. The molecule has 2 rings (SSSR count). The second-order valence-corrected chi connectivity index (χ2v) is 4.93. The first-order chi connectivity index (χ1) is 8.13. The molecule has 0 bridgehead atoms. The van der Waals surface area contributed by atoms with Crippen molar-refractivity contribution in [1.29, 1.82) is 0 Å². The van der Waals surface area contributed by atoms with Gasteiger partial charge in [-0.25, -0.2) is 4.98 Å². The first-order valence-electron chi connectivity index (χ1n) is 5.40. The maximum atomic E-state index is 11.3. The first-order valence-corrected chi connectivity index (χ1v) is 6.38. The van der Waals surface area contributed by atoms with Crippen molar-refractivity contribution in [3.8, 4) is 0 Å². The smallest absolute Gasteiger partial charge is 0.251 e. The summed E-state index contributed by atoms with van der Waals surface area (Å²) in [4.78, 5) is 18.3. The van der Waals surface area contributed by atoms with Gasteiger partial charge >= 0.3 is 0 Å². The molecule has 0 spiro atoms. The van der Waals surface area contributed by atoms with Crippen LogP contribution in [-0.2, 0) is 5.75 Å². The van der Waals surface area contributed by atoms with Crippen LogP contribution < -0.4 is 5.56 Å². The van der Waals surface area contributed by atoms with E-state index in [1.807, 2.05) is 13.0 Å². The maximum absolute atomic E-state index is 11.3. The highest BCUT2D eigenvalue weighted by molar-refractivity contribution is 7.98. The molecule has 1 aromatic heterocycles. The van der Waals surface area contributed by atoms with Crippen molar-refractivity contribution in [2.75, 3.05) is 0 Å². The molecule has 4 heteroatoms. The lowest BCUT2D eigenvalue weighted by atomic mass is 10.2. The summed E-state index contributed by atoms with van der Waals surface area (Å²) >= 11 is 1.54. The van der Waals surface area contributed by atoms with Gasteiger partial charge in [-0.05, 0) is 19.4 Å². The van der Waals surface area contributed by atoms with Crippen molar-refractivity contribution in [1.82, 2.24) is 9.97 Å². The van der Waals surface area contributed by atoms with Gasteiger partial charge in [0, 0.05) is 17.5 Å². The number of aromatic nitrogens is 2. The zero-order chi connectivity index (χ0) is 12.3. The van der Waals surface area contributed by atoms with E-state index in [-0.39, 0.29) is 5.56 Å². The van der Waals surface area contributed by atoms with Gasteiger partial charge in [0.1, 0.15) is 0 Å². The number of hydrogen-bond donors (Lipinski definition) is 1. The molecule has 0 fully saturated rings. The highest BCUT2D eigenvalue weighted by Gasteiger charge is 2.00. The molecule has 1 heterocycles. The number of H-pyrrole nitrogens is 1. The fourth-order valence-electron chi connectivity index (χ4n) is 1.57. The molecule has 0 aliphatic rings. The molecule has 0 saturated carbocycles. The Hall–Kier alpha value is -1.55. The van der Waals surface area contributed by atoms with Crippen molar-refractivity contribution >= 4 is 11.8 Å². The van der Waals surface area contributed by atoms with Crippen LogP contribution in [-0.4, -0.2) is 9.97 Å². The van der Waals surface area contributed by atoms with Crippen LogP contribution in [0.3, 0.4) is 0 Å². The molecule has 0 aliphatic carbocycles.